The van der Waals surface area contributed by atoms with Gasteiger partial charge in [0.05, 0.1) is 11.5 Å². The lowest BCUT2D eigenvalue weighted by Gasteiger charge is -2.50. The molecule has 0 aliphatic heterocycles. The SMILES string of the molecule is C#C[C@@](C)(O[Si](CC)(CC)CC)C1(C#N)CCC1. The van der Waals surface area contributed by atoms with Gasteiger partial charge in [-0.15, -0.1) is 6.42 Å². The van der Waals surface area contributed by atoms with Crippen LogP contribution in [0, 0.1) is 29.1 Å². The average Bonchev–Trinajstić information content (AvgIpc) is 2.35. The van der Waals surface area contributed by atoms with Crippen LogP contribution in [0.2, 0.25) is 18.1 Å². The van der Waals surface area contributed by atoms with E-state index in [9.17, 15) is 5.26 Å². The second kappa shape index (κ2) is 5.47. The summed E-state index contributed by atoms with van der Waals surface area (Å²) in [7, 11) is -1.78. The minimum Gasteiger partial charge on any atom is -0.400 e. The molecule has 1 saturated carbocycles. The number of rotatable bonds is 6. The summed E-state index contributed by atoms with van der Waals surface area (Å²) < 4.78 is 6.50. The zero-order chi connectivity index (χ0) is 13.9. The Morgan fingerprint density at radius 2 is 1.78 bits per heavy atom. The first kappa shape index (κ1) is 15.3. The molecule has 1 rings (SSSR count). The van der Waals surface area contributed by atoms with Crippen LogP contribution in [0.15, 0.2) is 0 Å². The summed E-state index contributed by atoms with van der Waals surface area (Å²) >= 11 is 0. The van der Waals surface area contributed by atoms with Crippen molar-refractivity contribution < 1.29 is 4.43 Å². The minimum atomic E-state index is -1.78. The van der Waals surface area contributed by atoms with Gasteiger partial charge in [-0.2, -0.15) is 5.26 Å². The molecule has 0 radical (unpaired) electrons. The predicted octanol–water partition coefficient (Wildman–Crippen LogP) is 4.09. The molecule has 0 aromatic heterocycles. The van der Waals surface area contributed by atoms with E-state index in [2.05, 4.69) is 32.8 Å². The van der Waals surface area contributed by atoms with E-state index in [0.717, 1.165) is 37.4 Å². The Kier molecular flexibility index (Phi) is 4.64. The van der Waals surface area contributed by atoms with Crippen LogP contribution in [0.5, 0.6) is 0 Å². The van der Waals surface area contributed by atoms with Gasteiger partial charge in [-0.25, -0.2) is 0 Å². The van der Waals surface area contributed by atoms with E-state index >= 15 is 0 Å². The summed E-state index contributed by atoms with van der Waals surface area (Å²) in [6.45, 7) is 8.53. The molecule has 1 aliphatic rings. The van der Waals surface area contributed by atoms with Crippen LogP contribution in [0.4, 0.5) is 0 Å². The van der Waals surface area contributed by atoms with Crippen LogP contribution in [-0.4, -0.2) is 13.9 Å². The summed E-state index contributed by atoms with van der Waals surface area (Å²) in [5.41, 5.74) is -1.15. The summed E-state index contributed by atoms with van der Waals surface area (Å²) in [5, 5.41) is 9.51. The lowest BCUT2D eigenvalue weighted by molar-refractivity contribution is -0.0217. The molecule has 0 aromatic rings. The fraction of sp³-hybridized carbons (Fsp3) is 0.800. The van der Waals surface area contributed by atoms with Crippen molar-refractivity contribution in [1.29, 1.82) is 5.26 Å². The Bertz CT molecular complexity index is 363. The van der Waals surface area contributed by atoms with E-state index < -0.39 is 19.3 Å². The van der Waals surface area contributed by atoms with Crippen molar-refractivity contribution >= 4 is 8.32 Å². The smallest absolute Gasteiger partial charge is 0.194 e. The van der Waals surface area contributed by atoms with Gasteiger partial charge in [0.1, 0.15) is 5.60 Å². The monoisotopic (exact) mass is 263 g/mol. The Morgan fingerprint density at radius 1 is 1.28 bits per heavy atom. The predicted molar refractivity (Wildman–Crippen MR) is 77.4 cm³/mol. The van der Waals surface area contributed by atoms with Crippen LogP contribution in [0.1, 0.15) is 47.0 Å². The van der Waals surface area contributed by atoms with Crippen molar-refractivity contribution in [3.05, 3.63) is 0 Å². The van der Waals surface area contributed by atoms with Gasteiger partial charge in [-0.3, -0.25) is 0 Å². The third kappa shape index (κ3) is 2.22. The lowest BCUT2D eigenvalue weighted by Crippen LogP contribution is -2.56. The molecule has 0 spiro atoms. The summed E-state index contributed by atoms with van der Waals surface area (Å²) in [5.74, 6) is 2.82. The molecule has 3 heteroatoms. The van der Waals surface area contributed by atoms with Crippen molar-refractivity contribution in [3.63, 3.8) is 0 Å². The molecule has 100 valence electrons. The third-order valence-electron chi connectivity index (χ3n) is 4.96. The van der Waals surface area contributed by atoms with E-state index in [1.807, 2.05) is 6.92 Å². The molecule has 0 bridgehead atoms. The van der Waals surface area contributed by atoms with Crippen LogP contribution in [0.25, 0.3) is 0 Å². The van der Waals surface area contributed by atoms with Crippen LogP contribution >= 0.6 is 0 Å². The summed E-state index contributed by atoms with van der Waals surface area (Å²) in [6, 6.07) is 5.66. The molecule has 1 fully saturated rings. The van der Waals surface area contributed by atoms with Gasteiger partial charge < -0.3 is 4.43 Å². The molecule has 0 aromatic carbocycles. The Labute approximate surface area is 113 Å². The first-order valence-electron chi connectivity index (χ1n) is 7.06. The normalized spacial score (nSPS) is 21.2. The number of terminal acetylenes is 1. The van der Waals surface area contributed by atoms with Gasteiger partial charge in [0.15, 0.2) is 8.32 Å². The van der Waals surface area contributed by atoms with Gasteiger partial charge in [0.2, 0.25) is 0 Å². The standard InChI is InChI=1S/C15H25NOSi/c1-6-14(5,15(13-16)11-10-12-15)17-18(7-2,8-3)9-4/h1H,7-12H2,2-5H3/t14-/m1/s1. The zero-order valence-corrected chi connectivity index (χ0v) is 13.2. The van der Waals surface area contributed by atoms with Gasteiger partial charge in [0.25, 0.3) is 0 Å². The number of hydrogen-bond donors (Lipinski definition) is 0. The Hall–Kier alpha value is -0.773. The maximum atomic E-state index is 9.51. The van der Waals surface area contributed by atoms with Crippen LogP contribution in [-0.2, 0) is 4.43 Å². The van der Waals surface area contributed by atoms with Crippen LogP contribution in [0.3, 0.4) is 0 Å². The van der Waals surface area contributed by atoms with Gasteiger partial charge in [-0.1, -0.05) is 26.7 Å². The van der Waals surface area contributed by atoms with E-state index in [0.29, 0.717) is 0 Å². The first-order valence-corrected chi connectivity index (χ1v) is 9.59. The van der Waals surface area contributed by atoms with E-state index in [4.69, 9.17) is 10.8 Å². The molecule has 2 nitrogen and oxygen atoms in total. The van der Waals surface area contributed by atoms with Gasteiger partial charge >= 0.3 is 0 Å². The highest BCUT2D eigenvalue weighted by molar-refractivity contribution is 6.73. The first-order chi connectivity index (χ1) is 8.47. The fourth-order valence-electron chi connectivity index (χ4n) is 2.89. The second-order valence-electron chi connectivity index (χ2n) is 5.57. The van der Waals surface area contributed by atoms with Gasteiger partial charge in [0, 0.05) is 0 Å². The molecule has 0 amide bonds. The molecular formula is C15H25NOSi. The number of nitrogens with zero attached hydrogens (tertiary/aromatic N) is 1. The molecule has 0 N–H and O–H groups in total. The van der Waals surface area contributed by atoms with Crippen molar-refractivity contribution in [2.45, 2.75) is 70.7 Å². The Morgan fingerprint density at radius 3 is 2.00 bits per heavy atom. The van der Waals surface area contributed by atoms with Crippen molar-refractivity contribution in [1.82, 2.24) is 0 Å². The highest BCUT2D eigenvalue weighted by Gasteiger charge is 2.55. The third-order valence-corrected chi connectivity index (χ3v) is 9.67. The molecule has 0 heterocycles. The van der Waals surface area contributed by atoms with E-state index in [1.54, 1.807) is 0 Å². The van der Waals surface area contributed by atoms with E-state index in [-0.39, 0.29) is 0 Å². The maximum absolute atomic E-state index is 9.51. The highest BCUT2D eigenvalue weighted by atomic mass is 28.4. The average molecular weight is 263 g/mol. The number of hydrogen-bond acceptors (Lipinski definition) is 2. The van der Waals surface area contributed by atoms with Crippen molar-refractivity contribution in [2.24, 2.45) is 5.41 Å². The molecule has 0 unspecified atom stereocenters. The minimum absolute atomic E-state index is 0.445. The van der Waals surface area contributed by atoms with Gasteiger partial charge in [-0.05, 0) is 44.3 Å². The highest BCUT2D eigenvalue weighted by Crippen LogP contribution is 2.51. The second-order valence-corrected chi connectivity index (χ2v) is 10.3. The quantitative estimate of drug-likeness (QED) is 0.534. The molecule has 1 atom stereocenters. The molecule has 1 aliphatic carbocycles. The lowest BCUT2D eigenvalue weighted by atomic mass is 9.60. The van der Waals surface area contributed by atoms with E-state index in [1.165, 1.54) is 0 Å². The zero-order valence-electron chi connectivity index (χ0n) is 12.2. The maximum Gasteiger partial charge on any atom is 0.194 e. The molecule has 0 saturated heterocycles. The summed E-state index contributed by atoms with van der Waals surface area (Å²) in [4.78, 5) is 0. The van der Waals surface area contributed by atoms with Crippen LogP contribution < -0.4 is 0 Å². The Balaban J connectivity index is 3.04. The van der Waals surface area contributed by atoms with Crippen molar-refractivity contribution in [3.8, 4) is 18.4 Å². The number of nitriles is 1. The van der Waals surface area contributed by atoms with Crippen molar-refractivity contribution in [2.75, 3.05) is 0 Å². The molecule has 18 heavy (non-hydrogen) atoms. The fourth-order valence-corrected chi connectivity index (χ4v) is 5.94. The summed E-state index contributed by atoms with van der Waals surface area (Å²) in [6.07, 6.45) is 8.60. The molecular weight excluding hydrogens is 238 g/mol. The topological polar surface area (TPSA) is 33.0 Å². The largest absolute Gasteiger partial charge is 0.400 e.